The van der Waals surface area contributed by atoms with Crippen LogP contribution in [0.15, 0.2) is 29.2 Å². The molecule has 0 amide bonds. The Labute approximate surface area is 82.4 Å². The molecular weight excluding hydrogens is 206 g/mol. The van der Waals surface area contributed by atoms with E-state index in [1.54, 1.807) is 0 Å². The zero-order valence-electron chi connectivity index (χ0n) is 7.60. The third-order valence-electron chi connectivity index (χ3n) is 1.49. The number of anilines is 1. The van der Waals surface area contributed by atoms with Crippen LogP contribution < -0.4 is 5.48 Å². The number of benzene rings is 1. The third kappa shape index (κ3) is 2.99. The van der Waals surface area contributed by atoms with Gasteiger partial charge >= 0.3 is 0 Å². The van der Waals surface area contributed by atoms with E-state index in [1.807, 2.05) is 6.92 Å². The summed E-state index contributed by atoms with van der Waals surface area (Å²) in [7, 11) is -4.11. The highest BCUT2D eigenvalue weighted by atomic mass is 32.2. The van der Waals surface area contributed by atoms with Gasteiger partial charge in [-0.1, -0.05) is 0 Å². The van der Waals surface area contributed by atoms with Gasteiger partial charge in [-0.2, -0.15) is 8.42 Å². The minimum Gasteiger partial charge on any atom is -0.282 e. The van der Waals surface area contributed by atoms with Gasteiger partial charge in [-0.05, 0) is 31.2 Å². The summed E-state index contributed by atoms with van der Waals surface area (Å²) in [5.74, 6) is 0. The van der Waals surface area contributed by atoms with Crippen LogP contribution in [-0.2, 0) is 15.0 Å². The molecule has 0 aliphatic rings. The van der Waals surface area contributed by atoms with E-state index in [2.05, 4.69) is 5.48 Å². The molecule has 0 saturated heterocycles. The largest absolute Gasteiger partial charge is 0.294 e. The van der Waals surface area contributed by atoms with Crippen LogP contribution >= 0.6 is 0 Å². The van der Waals surface area contributed by atoms with E-state index in [9.17, 15) is 8.42 Å². The normalized spacial score (nSPS) is 11.3. The predicted molar refractivity (Wildman–Crippen MR) is 51.5 cm³/mol. The molecule has 0 aliphatic heterocycles. The maximum atomic E-state index is 10.7. The van der Waals surface area contributed by atoms with Crippen molar-refractivity contribution in [2.45, 2.75) is 11.8 Å². The van der Waals surface area contributed by atoms with Crippen LogP contribution in [0.5, 0.6) is 0 Å². The Hall–Kier alpha value is -1.11. The van der Waals surface area contributed by atoms with Gasteiger partial charge in [-0.25, -0.2) is 0 Å². The summed E-state index contributed by atoms with van der Waals surface area (Å²) in [5, 5.41) is 0. The summed E-state index contributed by atoms with van der Waals surface area (Å²) in [6, 6.07) is 5.57. The zero-order valence-corrected chi connectivity index (χ0v) is 8.41. The van der Waals surface area contributed by atoms with E-state index in [0.717, 1.165) is 0 Å². The lowest BCUT2D eigenvalue weighted by atomic mass is 10.3. The molecule has 6 heteroatoms. The Kier molecular flexibility index (Phi) is 3.45. The minimum atomic E-state index is -4.11. The van der Waals surface area contributed by atoms with Crippen LogP contribution in [0.25, 0.3) is 0 Å². The number of hydrogen-bond donors (Lipinski definition) is 2. The van der Waals surface area contributed by atoms with E-state index in [4.69, 9.17) is 9.39 Å². The van der Waals surface area contributed by atoms with E-state index in [1.165, 1.54) is 24.3 Å². The first-order valence-corrected chi connectivity index (χ1v) is 5.43. The molecule has 5 nitrogen and oxygen atoms in total. The predicted octanol–water partition coefficient (Wildman–Crippen LogP) is 1.30. The van der Waals surface area contributed by atoms with E-state index < -0.39 is 10.1 Å². The van der Waals surface area contributed by atoms with Crippen LogP contribution in [0.3, 0.4) is 0 Å². The van der Waals surface area contributed by atoms with Crippen molar-refractivity contribution in [3.8, 4) is 0 Å². The Morgan fingerprint density at radius 1 is 1.36 bits per heavy atom. The summed E-state index contributed by atoms with van der Waals surface area (Å²) in [6.45, 7) is 2.32. The lowest BCUT2D eigenvalue weighted by Crippen LogP contribution is -2.01. The van der Waals surface area contributed by atoms with Gasteiger partial charge < -0.3 is 0 Å². The van der Waals surface area contributed by atoms with Crippen LogP contribution in [0.4, 0.5) is 5.69 Å². The Morgan fingerprint density at radius 3 is 2.36 bits per heavy atom. The molecule has 0 aliphatic carbocycles. The van der Waals surface area contributed by atoms with Gasteiger partial charge in [0.2, 0.25) is 0 Å². The highest BCUT2D eigenvalue weighted by Crippen LogP contribution is 2.13. The van der Waals surface area contributed by atoms with Crippen molar-refractivity contribution in [3.05, 3.63) is 24.3 Å². The second-order valence-corrected chi connectivity index (χ2v) is 3.96. The molecule has 2 N–H and O–H groups in total. The molecule has 1 aromatic rings. The zero-order chi connectivity index (χ0) is 10.6. The van der Waals surface area contributed by atoms with Gasteiger partial charge in [-0.15, -0.1) is 0 Å². The van der Waals surface area contributed by atoms with Crippen molar-refractivity contribution in [1.29, 1.82) is 0 Å². The Morgan fingerprint density at radius 2 is 1.93 bits per heavy atom. The second kappa shape index (κ2) is 4.41. The maximum Gasteiger partial charge on any atom is 0.294 e. The standard InChI is InChI=1S/C8H11NO4S/c1-2-13-9-7-3-5-8(6-4-7)14(10,11)12/h3-6,9H,2H2,1H3,(H,10,11,12). The van der Waals surface area contributed by atoms with Gasteiger partial charge in [0.15, 0.2) is 0 Å². The lowest BCUT2D eigenvalue weighted by molar-refractivity contribution is 0.210. The summed E-state index contributed by atoms with van der Waals surface area (Å²) in [5.41, 5.74) is 3.22. The molecule has 0 fully saturated rings. The Bertz CT molecular complexity index is 384. The topological polar surface area (TPSA) is 75.6 Å². The molecule has 78 valence electrons. The molecular formula is C8H11NO4S. The number of rotatable bonds is 4. The van der Waals surface area contributed by atoms with Crippen molar-refractivity contribution in [2.75, 3.05) is 12.1 Å². The highest BCUT2D eigenvalue weighted by molar-refractivity contribution is 7.85. The average Bonchev–Trinajstić information content (AvgIpc) is 2.14. The summed E-state index contributed by atoms with van der Waals surface area (Å²) in [6.07, 6.45) is 0. The van der Waals surface area contributed by atoms with E-state index in [-0.39, 0.29) is 4.90 Å². The third-order valence-corrected chi connectivity index (χ3v) is 2.35. The second-order valence-electron chi connectivity index (χ2n) is 2.53. The summed E-state index contributed by atoms with van der Waals surface area (Å²) < 4.78 is 30.0. The SMILES string of the molecule is CCONc1ccc(S(=O)(=O)O)cc1. The van der Waals surface area contributed by atoms with Crippen LogP contribution in [0.2, 0.25) is 0 Å². The van der Waals surface area contributed by atoms with Gasteiger partial charge in [0.25, 0.3) is 10.1 Å². The molecule has 0 spiro atoms. The van der Waals surface area contributed by atoms with Gasteiger partial charge in [0, 0.05) is 0 Å². The van der Waals surface area contributed by atoms with Gasteiger partial charge in [0.05, 0.1) is 17.2 Å². The van der Waals surface area contributed by atoms with Crippen molar-refractivity contribution < 1.29 is 17.8 Å². The monoisotopic (exact) mass is 217 g/mol. The fourth-order valence-electron chi connectivity index (χ4n) is 0.850. The van der Waals surface area contributed by atoms with Crippen LogP contribution in [0.1, 0.15) is 6.92 Å². The molecule has 14 heavy (non-hydrogen) atoms. The number of nitrogens with one attached hydrogen (secondary N) is 1. The first-order chi connectivity index (χ1) is 6.54. The molecule has 1 aromatic carbocycles. The fraction of sp³-hybridized carbons (Fsp3) is 0.250. The summed E-state index contributed by atoms with van der Waals surface area (Å²) in [4.78, 5) is 4.74. The van der Waals surface area contributed by atoms with Gasteiger partial charge in [0.1, 0.15) is 0 Å². The number of hydrogen-bond acceptors (Lipinski definition) is 4. The van der Waals surface area contributed by atoms with Crippen LogP contribution in [-0.4, -0.2) is 19.6 Å². The molecule has 0 atom stereocenters. The van der Waals surface area contributed by atoms with Gasteiger partial charge in [-0.3, -0.25) is 14.9 Å². The minimum absolute atomic E-state index is 0.139. The van der Waals surface area contributed by atoms with Crippen molar-refractivity contribution in [3.63, 3.8) is 0 Å². The van der Waals surface area contributed by atoms with E-state index in [0.29, 0.717) is 12.3 Å². The summed E-state index contributed by atoms with van der Waals surface area (Å²) >= 11 is 0. The molecule has 0 bridgehead atoms. The van der Waals surface area contributed by atoms with E-state index >= 15 is 0 Å². The smallest absolute Gasteiger partial charge is 0.282 e. The molecule has 0 radical (unpaired) electrons. The molecule has 1 rings (SSSR count). The quantitative estimate of drug-likeness (QED) is 0.587. The first kappa shape index (κ1) is 11.0. The molecule has 0 aromatic heterocycles. The average molecular weight is 217 g/mol. The highest BCUT2D eigenvalue weighted by Gasteiger charge is 2.07. The molecule has 0 unspecified atom stereocenters. The lowest BCUT2D eigenvalue weighted by Gasteiger charge is -2.04. The maximum absolute atomic E-state index is 10.7. The van der Waals surface area contributed by atoms with Crippen molar-refractivity contribution in [2.24, 2.45) is 0 Å². The molecule has 0 saturated carbocycles. The van der Waals surface area contributed by atoms with Crippen molar-refractivity contribution >= 4 is 15.8 Å². The van der Waals surface area contributed by atoms with Crippen molar-refractivity contribution in [1.82, 2.24) is 0 Å². The first-order valence-electron chi connectivity index (χ1n) is 3.99. The molecule has 0 heterocycles. The fourth-order valence-corrected chi connectivity index (χ4v) is 1.33. The Balaban J connectivity index is 2.79. The van der Waals surface area contributed by atoms with Crippen LogP contribution in [0, 0.1) is 0 Å².